The molecule has 0 spiro atoms. The largest absolute Gasteiger partial charge is 0.497 e. The Labute approximate surface area is 160 Å². The molecule has 3 rings (SSSR count). The molecule has 0 radical (unpaired) electrons. The second-order valence-corrected chi connectivity index (χ2v) is 6.64. The Morgan fingerprint density at radius 1 is 1.15 bits per heavy atom. The molecule has 0 aliphatic carbocycles. The van der Waals surface area contributed by atoms with Gasteiger partial charge in [-0.2, -0.15) is 0 Å². The summed E-state index contributed by atoms with van der Waals surface area (Å²) in [5, 5.41) is 18.3. The Hall–Kier alpha value is -2.42. The fraction of sp³-hybridized carbons (Fsp3) is 0.263. The van der Waals surface area contributed by atoms with Gasteiger partial charge in [0.1, 0.15) is 11.6 Å². The molecule has 8 heteroatoms. The predicted molar refractivity (Wildman–Crippen MR) is 99.1 cm³/mol. The van der Waals surface area contributed by atoms with Gasteiger partial charge in [-0.25, -0.2) is 4.39 Å². The van der Waals surface area contributed by atoms with E-state index in [1.165, 1.54) is 17.8 Å². The van der Waals surface area contributed by atoms with Gasteiger partial charge in [-0.3, -0.25) is 0 Å². The zero-order valence-electron chi connectivity index (χ0n) is 14.7. The molecule has 2 aromatic carbocycles. The molecule has 142 valence electrons. The number of aromatic nitrogens is 2. The van der Waals surface area contributed by atoms with Crippen LogP contribution in [0.4, 0.5) is 4.39 Å². The smallest absolute Gasteiger partial charge is 0.276 e. The van der Waals surface area contributed by atoms with Gasteiger partial charge in [-0.1, -0.05) is 30.0 Å². The van der Waals surface area contributed by atoms with Crippen molar-refractivity contribution in [2.75, 3.05) is 19.5 Å². The molecule has 0 saturated heterocycles. The van der Waals surface area contributed by atoms with Crippen molar-refractivity contribution in [1.29, 1.82) is 0 Å². The maximum Gasteiger partial charge on any atom is 0.276 e. The summed E-state index contributed by atoms with van der Waals surface area (Å²) in [5.41, 5.74) is 1.24. The first-order valence-corrected chi connectivity index (χ1v) is 9.24. The molecule has 0 aliphatic heterocycles. The molecular formula is C19H19FN2O4S. The Kier molecular flexibility index (Phi) is 6.80. The number of aliphatic hydroxyl groups is 1. The number of rotatable bonds is 9. The average Bonchev–Trinajstić information content (AvgIpc) is 3.17. The van der Waals surface area contributed by atoms with E-state index in [0.29, 0.717) is 22.4 Å². The van der Waals surface area contributed by atoms with E-state index < -0.39 is 6.10 Å². The first-order valence-electron chi connectivity index (χ1n) is 8.25. The highest BCUT2D eigenvalue weighted by atomic mass is 32.2. The maximum atomic E-state index is 13.5. The lowest BCUT2D eigenvalue weighted by molar-refractivity contribution is 0.0386. The van der Waals surface area contributed by atoms with Crippen LogP contribution in [0, 0.1) is 5.82 Å². The number of methoxy groups -OCH3 is 1. The van der Waals surface area contributed by atoms with Crippen LogP contribution < -0.4 is 4.74 Å². The van der Waals surface area contributed by atoms with Crippen LogP contribution >= 0.6 is 11.8 Å². The molecule has 0 unspecified atom stereocenters. The number of ether oxygens (including phenoxy) is 2. The minimum atomic E-state index is -0.738. The third-order valence-corrected chi connectivity index (χ3v) is 4.63. The van der Waals surface area contributed by atoms with Gasteiger partial charge in [0, 0.05) is 16.9 Å². The Bertz CT molecular complexity index is 857. The summed E-state index contributed by atoms with van der Waals surface area (Å²) < 4.78 is 29.5. The number of hydrogen-bond acceptors (Lipinski definition) is 7. The lowest BCUT2D eigenvalue weighted by Gasteiger charge is -2.10. The first-order chi connectivity index (χ1) is 13.2. The zero-order chi connectivity index (χ0) is 19.1. The minimum absolute atomic E-state index is 0.0841. The number of benzene rings is 2. The van der Waals surface area contributed by atoms with E-state index in [1.807, 2.05) is 24.3 Å². The van der Waals surface area contributed by atoms with Crippen LogP contribution in [0.5, 0.6) is 5.75 Å². The molecule has 27 heavy (non-hydrogen) atoms. The third-order valence-electron chi connectivity index (χ3n) is 3.67. The fourth-order valence-corrected chi connectivity index (χ4v) is 2.92. The van der Waals surface area contributed by atoms with Crippen LogP contribution in [0.25, 0.3) is 11.5 Å². The fourth-order valence-electron chi connectivity index (χ4n) is 2.25. The van der Waals surface area contributed by atoms with Crippen LogP contribution in [0.2, 0.25) is 0 Å². The van der Waals surface area contributed by atoms with Gasteiger partial charge in [0.25, 0.3) is 5.22 Å². The number of thioether (sulfide) groups is 1. The number of halogens is 1. The van der Waals surface area contributed by atoms with Crippen molar-refractivity contribution in [1.82, 2.24) is 10.2 Å². The van der Waals surface area contributed by atoms with Gasteiger partial charge in [-0.05, 0) is 30.3 Å². The molecule has 6 nitrogen and oxygen atoms in total. The Morgan fingerprint density at radius 2 is 1.93 bits per heavy atom. The lowest BCUT2D eigenvalue weighted by atomic mass is 10.2. The van der Waals surface area contributed by atoms with E-state index in [1.54, 1.807) is 25.3 Å². The summed E-state index contributed by atoms with van der Waals surface area (Å²) >= 11 is 1.23. The van der Waals surface area contributed by atoms with Gasteiger partial charge in [0.15, 0.2) is 0 Å². The summed E-state index contributed by atoms with van der Waals surface area (Å²) in [7, 11) is 1.60. The van der Waals surface area contributed by atoms with Crippen molar-refractivity contribution in [3.8, 4) is 17.2 Å². The SMILES string of the molecule is COc1ccc(-c2nnc(SC[C@H](O)COCc3ccccc3F)o2)cc1. The maximum absolute atomic E-state index is 13.5. The van der Waals surface area contributed by atoms with Crippen molar-refractivity contribution >= 4 is 11.8 Å². The molecule has 1 aromatic heterocycles. The quantitative estimate of drug-likeness (QED) is 0.560. The average molecular weight is 390 g/mol. The first kappa shape index (κ1) is 19.3. The highest BCUT2D eigenvalue weighted by Crippen LogP contribution is 2.25. The second kappa shape index (κ2) is 9.50. The molecule has 3 aromatic rings. The topological polar surface area (TPSA) is 77.6 Å². The Balaban J connectivity index is 1.44. The van der Waals surface area contributed by atoms with Crippen molar-refractivity contribution in [2.24, 2.45) is 0 Å². The molecule has 0 aliphatic rings. The van der Waals surface area contributed by atoms with Gasteiger partial charge >= 0.3 is 0 Å². The van der Waals surface area contributed by atoms with E-state index in [9.17, 15) is 9.50 Å². The molecule has 0 amide bonds. The highest BCUT2D eigenvalue weighted by molar-refractivity contribution is 7.99. The number of hydrogen-bond donors (Lipinski definition) is 1. The molecule has 1 heterocycles. The van der Waals surface area contributed by atoms with Crippen molar-refractivity contribution < 1.29 is 23.4 Å². The van der Waals surface area contributed by atoms with Gasteiger partial charge in [-0.15, -0.1) is 10.2 Å². The van der Waals surface area contributed by atoms with Gasteiger partial charge in [0.2, 0.25) is 5.89 Å². The summed E-state index contributed by atoms with van der Waals surface area (Å²) in [6.45, 7) is 0.192. The van der Waals surface area contributed by atoms with Crippen molar-refractivity contribution in [3.05, 3.63) is 59.9 Å². The Morgan fingerprint density at radius 3 is 2.67 bits per heavy atom. The molecule has 0 bridgehead atoms. The molecular weight excluding hydrogens is 371 g/mol. The summed E-state index contributed by atoms with van der Waals surface area (Å²) in [5.74, 6) is 1.14. The van der Waals surface area contributed by atoms with Crippen LogP contribution in [-0.2, 0) is 11.3 Å². The monoisotopic (exact) mass is 390 g/mol. The summed E-state index contributed by atoms with van der Waals surface area (Å²) in [6.07, 6.45) is -0.738. The van der Waals surface area contributed by atoms with E-state index in [0.717, 1.165) is 11.3 Å². The van der Waals surface area contributed by atoms with E-state index in [2.05, 4.69) is 10.2 Å². The minimum Gasteiger partial charge on any atom is -0.497 e. The number of aliphatic hydroxyl groups excluding tert-OH is 1. The molecule has 1 atom stereocenters. The molecule has 0 saturated carbocycles. The number of nitrogens with zero attached hydrogens (tertiary/aromatic N) is 2. The van der Waals surface area contributed by atoms with Crippen LogP contribution in [0.3, 0.4) is 0 Å². The molecule has 0 fully saturated rings. The van der Waals surface area contributed by atoms with Crippen molar-refractivity contribution in [3.63, 3.8) is 0 Å². The van der Waals surface area contributed by atoms with Crippen LogP contribution in [0.15, 0.2) is 58.2 Å². The summed E-state index contributed by atoms with van der Waals surface area (Å²) in [6, 6.07) is 13.7. The zero-order valence-corrected chi connectivity index (χ0v) is 15.5. The van der Waals surface area contributed by atoms with Crippen LogP contribution in [-0.4, -0.2) is 40.9 Å². The van der Waals surface area contributed by atoms with E-state index >= 15 is 0 Å². The van der Waals surface area contributed by atoms with Crippen molar-refractivity contribution in [2.45, 2.75) is 17.9 Å². The van der Waals surface area contributed by atoms with Gasteiger partial charge < -0.3 is 19.0 Å². The lowest BCUT2D eigenvalue weighted by Crippen LogP contribution is -2.18. The normalized spacial score (nSPS) is 12.1. The van der Waals surface area contributed by atoms with Gasteiger partial charge in [0.05, 0.1) is 26.4 Å². The van der Waals surface area contributed by atoms with E-state index in [-0.39, 0.29) is 19.0 Å². The van der Waals surface area contributed by atoms with Crippen LogP contribution in [0.1, 0.15) is 5.56 Å². The summed E-state index contributed by atoms with van der Waals surface area (Å²) in [4.78, 5) is 0. The predicted octanol–water partition coefficient (Wildman–Crippen LogP) is 3.55. The standard InChI is InChI=1S/C19H19FN2O4S/c1-24-16-8-6-13(7-9-16)18-21-22-19(26-18)27-12-15(23)11-25-10-14-4-2-3-5-17(14)20/h2-9,15,23H,10-12H2,1H3/t15-/m1/s1. The highest BCUT2D eigenvalue weighted by Gasteiger charge is 2.12. The second-order valence-electron chi connectivity index (χ2n) is 5.67. The third kappa shape index (κ3) is 5.53. The molecule has 1 N–H and O–H groups in total. The van der Waals surface area contributed by atoms with E-state index in [4.69, 9.17) is 13.9 Å².